The second-order valence-electron chi connectivity index (χ2n) is 9.29. The molecule has 33 heavy (non-hydrogen) atoms. The Labute approximate surface area is 216 Å². The molecule has 2 saturated heterocycles. The summed E-state index contributed by atoms with van der Waals surface area (Å²) in [5.74, 6) is 0.850. The lowest BCUT2D eigenvalue weighted by Gasteiger charge is -2.39. The highest BCUT2D eigenvalue weighted by Gasteiger charge is 2.35. The molecule has 0 saturated carbocycles. The van der Waals surface area contributed by atoms with Gasteiger partial charge in [0.1, 0.15) is 0 Å². The fourth-order valence-corrected chi connectivity index (χ4v) is 5.17. The zero-order chi connectivity index (χ0) is 22.4. The number of benzene rings is 2. The van der Waals surface area contributed by atoms with Crippen molar-refractivity contribution < 1.29 is 4.74 Å². The lowest BCUT2D eigenvalue weighted by Crippen LogP contribution is -2.48. The number of halogens is 1. The lowest BCUT2D eigenvalue weighted by atomic mass is 9.72. The molecule has 0 bridgehead atoms. The Balaban J connectivity index is 0.00000306. The van der Waals surface area contributed by atoms with E-state index in [2.05, 4.69) is 82.9 Å². The van der Waals surface area contributed by atoms with Crippen molar-refractivity contribution in [3.63, 3.8) is 0 Å². The molecule has 5 nitrogen and oxygen atoms in total. The van der Waals surface area contributed by atoms with Gasteiger partial charge in [-0.15, -0.1) is 24.0 Å². The van der Waals surface area contributed by atoms with E-state index in [4.69, 9.17) is 4.74 Å². The van der Waals surface area contributed by atoms with Gasteiger partial charge in [-0.3, -0.25) is 4.99 Å². The summed E-state index contributed by atoms with van der Waals surface area (Å²) >= 11 is 0. The van der Waals surface area contributed by atoms with Crippen LogP contribution in [0.25, 0.3) is 0 Å². The molecule has 1 atom stereocenters. The number of rotatable bonds is 6. The van der Waals surface area contributed by atoms with Crippen LogP contribution in [0.15, 0.2) is 53.5 Å². The normalized spacial score (nSPS) is 19.0. The van der Waals surface area contributed by atoms with E-state index in [1.54, 1.807) is 0 Å². The van der Waals surface area contributed by atoms with Crippen molar-refractivity contribution in [1.82, 2.24) is 10.6 Å². The van der Waals surface area contributed by atoms with Gasteiger partial charge in [0.25, 0.3) is 0 Å². The monoisotopic (exact) mass is 562 g/mol. The van der Waals surface area contributed by atoms with E-state index >= 15 is 0 Å². The van der Waals surface area contributed by atoms with Crippen LogP contribution in [0.1, 0.15) is 55.3 Å². The van der Waals surface area contributed by atoms with Gasteiger partial charge < -0.3 is 20.3 Å². The second-order valence-corrected chi connectivity index (χ2v) is 9.29. The first kappa shape index (κ1) is 25.8. The van der Waals surface area contributed by atoms with Crippen LogP contribution in [0.4, 0.5) is 5.69 Å². The summed E-state index contributed by atoms with van der Waals surface area (Å²) in [6.07, 6.45) is 4.63. The van der Waals surface area contributed by atoms with E-state index in [0.29, 0.717) is 0 Å². The van der Waals surface area contributed by atoms with E-state index < -0.39 is 0 Å². The van der Waals surface area contributed by atoms with Gasteiger partial charge in [-0.05, 0) is 68.4 Å². The van der Waals surface area contributed by atoms with Crippen LogP contribution in [0.3, 0.4) is 0 Å². The molecule has 2 N–H and O–H groups in total. The van der Waals surface area contributed by atoms with Gasteiger partial charge in [-0.2, -0.15) is 0 Å². The summed E-state index contributed by atoms with van der Waals surface area (Å²) in [5, 5.41) is 7.26. The minimum absolute atomic E-state index is 0. The Morgan fingerprint density at radius 2 is 1.82 bits per heavy atom. The molecule has 6 heteroatoms. The summed E-state index contributed by atoms with van der Waals surface area (Å²) in [5.41, 5.74) is 5.47. The molecule has 2 aromatic rings. The second kappa shape index (κ2) is 12.1. The minimum Gasteiger partial charge on any atom is -0.381 e. The van der Waals surface area contributed by atoms with E-state index in [1.807, 2.05) is 7.05 Å². The predicted octanol–water partition coefficient (Wildman–Crippen LogP) is 5.19. The highest BCUT2D eigenvalue weighted by atomic mass is 127. The highest BCUT2D eigenvalue weighted by Crippen LogP contribution is 2.36. The number of aryl methyl sites for hydroxylation is 1. The first-order chi connectivity index (χ1) is 15.6. The van der Waals surface area contributed by atoms with Crippen molar-refractivity contribution in [2.45, 2.75) is 51.0 Å². The smallest absolute Gasteiger partial charge is 0.191 e. The molecular formula is C27H39IN4O. The SMILES string of the molecule is CN=C(NCC1(c2ccccc2C)CCOCC1)NC(C)c1cccc(N2CCCC2)c1.I. The van der Waals surface area contributed by atoms with Gasteiger partial charge in [0.15, 0.2) is 5.96 Å². The molecule has 2 aliphatic heterocycles. The third-order valence-electron chi connectivity index (χ3n) is 7.18. The van der Waals surface area contributed by atoms with Gasteiger partial charge >= 0.3 is 0 Å². The maximum atomic E-state index is 5.72. The summed E-state index contributed by atoms with van der Waals surface area (Å²) in [4.78, 5) is 7.02. The first-order valence-corrected chi connectivity index (χ1v) is 12.1. The highest BCUT2D eigenvalue weighted by molar-refractivity contribution is 14.0. The Morgan fingerprint density at radius 1 is 1.09 bits per heavy atom. The van der Waals surface area contributed by atoms with Crippen molar-refractivity contribution in [2.75, 3.05) is 44.8 Å². The number of ether oxygens (including phenoxy) is 1. The van der Waals surface area contributed by atoms with Crippen molar-refractivity contribution >= 4 is 35.6 Å². The number of nitrogens with one attached hydrogen (secondary N) is 2. The number of anilines is 1. The Kier molecular flexibility index (Phi) is 9.44. The van der Waals surface area contributed by atoms with Gasteiger partial charge in [-0.25, -0.2) is 0 Å². The molecular weight excluding hydrogens is 523 g/mol. The maximum Gasteiger partial charge on any atom is 0.191 e. The summed E-state index contributed by atoms with van der Waals surface area (Å²) < 4.78 is 5.72. The van der Waals surface area contributed by atoms with E-state index in [-0.39, 0.29) is 35.4 Å². The van der Waals surface area contributed by atoms with Crippen molar-refractivity contribution in [2.24, 2.45) is 4.99 Å². The van der Waals surface area contributed by atoms with E-state index in [9.17, 15) is 0 Å². The van der Waals surface area contributed by atoms with E-state index in [0.717, 1.165) is 38.6 Å². The number of guanidine groups is 1. The maximum absolute atomic E-state index is 5.72. The molecule has 2 fully saturated rings. The third-order valence-corrected chi connectivity index (χ3v) is 7.18. The third kappa shape index (κ3) is 6.21. The quantitative estimate of drug-likeness (QED) is 0.289. The van der Waals surface area contributed by atoms with E-state index in [1.165, 1.54) is 48.3 Å². The number of aliphatic imine (C=N–C) groups is 1. The van der Waals surface area contributed by atoms with Crippen LogP contribution < -0.4 is 15.5 Å². The summed E-state index contributed by atoms with van der Waals surface area (Å²) in [6.45, 7) is 9.22. The van der Waals surface area contributed by atoms with Crippen LogP contribution in [0.5, 0.6) is 0 Å². The fourth-order valence-electron chi connectivity index (χ4n) is 5.17. The lowest BCUT2D eigenvalue weighted by molar-refractivity contribution is 0.0511. The number of nitrogens with zero attached hydrogens (tertiary/aromatic N) is 2. The van der Waals surface area contributed by atoms with Crippen LogP contribution in [-0.2, 0) is 10.2 Å². The van der Waals surface area contributed by atoms with Crippen molar-refractivity contribution in [1.29, 1.82) is 0 Å². The van der Waals surface area contributed by atoms with Crippen LogP contribution in [0.2, 0.25) is 0 Å². The molecule has 2 aromatic carbocycles. The Hall–Kier alpha value is -1.80. The van der Waals surface area contributed by atoms with Crippen LogP contribution >= 0.6 is 24.0 Å². The molecule has 0 radical (unpaired) electrons. The Bertz CT molecular complexity index is 920. The van der Waals surface area contributed by atoms with Crippen LogP contribution in [0, 0.1) is 6.92 Å². The van der Waals surface area contributed by atoms with Gasteiger partial charge in [-0.1, -0.05) is 36.4 Å². The standard InChI is InChI=1S/C27H38N4O.HI/c1-21-9-4-5-12-25(21)27(13-17-32-18-14-27)20-29-26(28-3)30-22(2)23-10-8-11-24(19-23)31-15-6-7-16-31;/h4-5,8-12,19,22H,6-7,13-18,20H2,1-3H3,(H2,28,29,30);1H. The number of hydrogen-bond donors (Lipinski definition) is 2. The molecule has 0 spiro atoms. The average Bonchev–Trinajstić information content (AvgIpc) is 3.38. The van der Waals surface area contributed by atoms with Crippen molar-refractivity contribution in [3.8, 4) is 0 Å². The van der Waals surface area contributed by atoms with Gasteiger partial charge in [0, 0.05) is 51.0 Å². The summed E-state index contributed by atoms with van der Waals surface area (Å²) in [6, 6.07) is 17.9. The molecule has 2 heterocycles. The molecule has 0 aromatic heterocycles. The van der Waals surface area contributed by atoms with Crippen LogP contribution in [-0.4, -0.2) is 45.9 Å². The van der Waals surface area contributed by atoms with Gasteiger partial charge in [0.05, 0.1) is 6.04 Å². The predicted molar refractivity (Wildman–Crippen MR) is 149 cm³/mol. The molecule has 2 aliphatic rings. The summed E-state index contributed by atoms with van der Waals surface area (Å²) in [7, 11) is 1.85. The zero-order valence-corrected chi connectivity index (χ0v) is 22.6. The molecule has 0 aliphatic carbocycles. The number of hydrogen-bond acceptors (Lipinski definition) is 3. The fraction of sp³-hybridized carbons (Fsp3) is 0.519. The minimum atomic E-state index is 0. The van der Waals surface area contributed by atoms with Crippen molar-refractivity contribution in [3.05, 3.63) is 65.2 Å². The molecule has 180 valence electrons. The molecule has 4 rings (SSSR count). The van der Waals surface area contributed by atoms with Gasteiger partial charge in [0.2, 0.25) is 0 Å². The topological polar surface area (TPSA) is 48.9 Å². The largest absolute Gasteiger partial charge is 0.381 e. The Morgan fingerprint density at radius 3 is 2.52 bits per heavy atom. The molecule has 1 unspecified atom stereocenters. The first-order valence-electron chi connectivity index (χ1n) is 12.1. The average molecular weight is 563 g/mol. The molecule has 0 amide bonds. The zero-order valence-electron chi connectivity index (χ0n) is 20.3.